The molecule has 0 N–H and O–H groups in total. The van der Waals surface area contributed by atoms with Crippen LogP contribution in [0.15, 0.2) is 41.2 Å². The van der Waals surface area contributed by atoms with Gasteiger partial charge in [-0.1, -0.05) is 6.07 Å². The fourth-order valence-electron chi connectivity index (χ4n) is 3.71. The van der Waals surface area contributed by atoms with E-state index in [2.05, 4.69) is 4.98 Å². The molecule has 25 heavy (non-hydrogen) atoms. The summed E-state index contributed by atoms with van der Waals surface area (Å²) >= 11 is 0. The summed E-state index contributed by atoms with van der Waals surface area (Å²) in [5, 5.41) is 0. The van der Waals surface area contributed by atoms with E-state index in [9.17, 15) is 4.79 Å². The Morgan fingerprint density at radius 2 is 2.32 bits per heavy atom. The zero-order valence-corrected chi connectivity index (χ0v) is 14.3. The summed E-state index contributed by atoms with van der Waals surface area (Å²) in [5.41, 5.74) is 2.44. The van der Waals surface area contributed by atoms with E-state index in [0.717, 1.165) is 30.8 Å². The molecule has 2 aromatic rings. The van der Waals surface area contributed by atoms with Crippen LogP contribution in [0.3, 0.4) is 0 Å². The molecule has 1 amide bonds. The molecule has 4 rings (SSSR count). The standard InChI is InChI=1S/C19H22N2O4/c1-13-4-2-5-15(20-13)12-25-17-10-21(16-6-3-8-24-18(16)17)19(22)14-7-9-23-11-14/h2,4-5,7,9,11,16-18H,3,6,8,10,12H2,1H3/t16-,17+,18+/m1/s1. The number of furan rings is 1. The van der Waals surface area contributed by atoms with Crippen LogP contribution in [0.5, 0.6) is 0 Å². The second-order valence-corrected chi connectivity index (χ2v) is 6.63. The highest BCUT2D eigenvalue weighted by atomic mass is 16.5. The van der Waals surface area contributed by atoms with Crippen LogP contribution in [-0.2, 0) is 16.1 Å². The first-order valence-corrected chi connectivity index (χ1v) is 8.71. The van der Waals surface area contributed by atoms with Crippen LogP contribution in [0, 0.1) is 6.92 Å². The maximum atomic E-state index is 12.8. The highest BCUT2D eigenvalue weighted by Gasteiger charge is 2.47. The fraction of sp³-hybridized carbons (Fsp3) is 0.474. The molecule has 0 radical (unpaired) electrons. The minimum atomic E-state index is -0.136. The molecular weight excluding hydrogens is 320 g/mol. The van der Waals surface area contributed by atoms with Gasteiger partial charge < -0.3 is 18.8 Å². The molecule has 0 unspecified atom stereocenters. The predicted molar refractivity (Wildman–Crippen MR) is 90.1 cm³/mol. The molecular formula is C19H22N2O4. The van der Waals surface area contributed by atoms with Crippen molar-refractivity contribution in [2.75, 3.05) is 13.2 Å². The van der Waals surface area contributed by atoms with E-state index in [4.69, 9.17) is 13.9 Å². The van der Waals surface area contributed by atoms with Gasteiger partial charge in [-0.2, -0.15) is 0 Å². The molecule has 0 spiro atoms. The topological polar surface area (TPSA) is 64.8 Å². The first-order valence-electron chi connectivity index (χ1n) is 8.71. The van der Waals surface area contributed by atoms with E-state index in [1.54, 1.807) is 6.07 Å². The normalized spacial score (nSPS) is 25.8. The second kappa shape index (κ2) is 6.98. The van der Waals surface area contributed by atoms with E-state index in [1.807, 2.05) is 30.0 Å². The predicted octanol–water partition coefficient (Wildman–Crippen LogP) is 2.57. The maximum Gasteiger partial charge on any atom is 0.257 e. The molecule has 2 aromatic heterocycles. The van der Waals surface area contributed by atoms with Crippen LogP contribution in [0.2, 0.25) is 0 Å². The molecule has 2 aliphatic heterocycles. The third-order valence-electron chi connectivity index (χ3n) is 4.90. The van der Waals surface area contributed by atoms with Crippen molar-refractivity contribution >= 4 is 5.91 Å². The third-order valence-corrected chi connectivity index (χ3v) is 4.90. The van der Waals surface area contributed by atoms with Crippen molar-refractivity contribution < 1.29 is 18.7 Å². The Bertz CT molecular complexity index is 731. The number of carbonyl (C=O) groups is 1. The highest BCUT2D eigenvalue weighted by Crippen LogP contribution is 2.32. The van der Waals surface area contributed by atoms with Crippen LogP contribution < -0.4 is 0 Å². The molecule has 4 heterocycles. The number of aromatic nitrogens is 1. The summed E-state index contributed by atoms with van der Waals surface area (Å²) in [6.45, 7) is 3.64. The molecule has 0 aromatic carbocycles. The van der Waals surface area contributed by atoms with Crippen LogP contribution >= 0.6 is 0 Å². The molecule has 0 aliphatic carbocycles. The van der Waals surface area contributed by atoms with Gasteiger partial charge in [-0.3, -0.25) is 9.78 Å². The number of hydrogen-bond donors (Lipinski definition) is 0. The molecule has 6 heteroatoms. The number of amides is 1. The number of likely N-dealkylation sites (tertiary alicyclic amines) is 1. The first-order chi connectivity index (χ1) is 12.2. The number of nitrogens with zero attached hydrogens (tertiary/aromatic N) is 2. The summed E-state index contributed by atoms with van der Waals surface area (Å²) in [4.78, 5) is 19.1. The summed E-state index contributed by atoms with van der Waals surface area (Å²) in [6.07, 6.45) is 4.71. The number of hydrogen-bond acceptors (Lipinski definition) is 5. The lowest BCUT2D eigenvalue weighted by atomic mass is 10.0. The number of rotatable bonds is 4. The Kier molecular flexibility index (Phi) is 4.55. The van der Waals surface area contributed by atoms with Crippen LogP contribution in [0.4, 0.5) is 0 Å². The van der Waals surface area contributed by atoms with Crippen molar-refractivity contribution in [2.24, 2.45) is 0 Å². The Morgan fingerprint density at radius 1 is 1.40 bits per heavy atom. The number of aryl methyl sites for hydroxylation is 1. The van der Waals surface area contributed by atoms with Gasteiger partial charge in [0.05, 0.1) is 36.7 Å². The zero-order valence-electron chi connectivity index (χ0n) is 14.3. The van der Waals surface area contributed by atoms with Crippen molar-refractivity contribution in [2.45, 2.75) is 44.6 Å². The third kappa shape index (κ3) is 3.32. The molecule has 132 valence electrons. The molecule has 2 fully saturated rings. The summed E-state index contributed by atoms with van der Waals surface area (Å²) in [6, 6.07) is 7.66. The fourth-order valence-corrected chi connectivity index (χ4v) is 3.71. The molecule has 2 saturated heterocycles. The maximum absolute atomic E-state index is 12.8. The quantitative estimate of drug-likeness (QED) is 0.854. The number of fused-ring (bicyclic) bond motifs is 1. The minimum Gasteiger partial charge on any atom is -0.472 e. The Balaban J connectivity index is 1.47. The van der Waals surface area contributed by atoms with Crippen LogP contribution in [0.25, 0.3) is 0 Å². The van der Waals surface area contributed by atoms with Gasteiger partial charge in [0.15, 0.2) is 0 Å². The Labute approximate surface area is 146 Å². The molecule has 0 saturated carbocycles. The monoisotopic (exact) mass is 342 g/mol. The van der Waals surface area contributed by atoms with Crippen molar-refractivity contribution in [1.29, 1.82) is 0 Å². The van der Waals surface area contributed by atoms with E-state index >= 15 is 0 Å². The van der Waals surface area contributed by atoms with Gasteiger partial charge in [0.1, 0.15) is 18.5 Å². The average Bonchev–Trinajstić information content (AvgIpc) is 3.28. The first kappa shape index (κ1) is 16.3. The van der Waals surface area contributed by atoms with Gasteiger partial charge in [-0.15, -0.1) is 0 Å². The number of ether oxygens (including phenoxy) is 2. The zero-order chi connectivity index (χ0) is 17.2. The molecule has 0 bridgehead atoms. The molecule has 6 nitrogen and oxygen atoms in total. The largest absolute Gasteiger partial charge is 0.472 e. The minimum absolute atomic E-state index is 0.0194. The van der Waals surface area contributed by atoms with Crippen molar-refractivity contribution in [1.82, 2.24) is 9.88 Å². The van der Waals surface area contributed by atoms with Crippen LogP contribution in [-0.4, -0.2) is 47.2 Å². The average molecular weight is 342 g/mol. The smallest absolute Gasteiger partial charge is 0.257 e. The van der Waals surface area contributed by atoms with Crippen molar-refractivity contribution in [3.8, 4) is 0 Å². The second-order valence-electron chi connectivity index (χ2n) is 6.63. The molecule has 2 aliphatic rings. The Hall–Kier alpha value is -2.18. The summed E-state index contributed by atoms with van der Waals surface area (Å²) < 4.78 is 17.1. The van der Waals surface area contributed by atoms with E-state index in [0.29, 0.717) is 18.7 Å². The number of pyridine rings is 1. The van der Waals surface area contributed by atoms with Gasteiger partial charge in [0.25, 0.3) is 5.91 Å². The van der Waals surface area contributed by atoms with Gasteiger partial charge >= 0.3 is 0 Å². The lowest BCUT2D eigenvalue weighted by Gasteiger charge is -2.32. The molecule has 3 atom stereocenters. The van der Waals surface area contributed by atoms with E-state index in [-0.39, 0.29) is 24.2 Å². The van der Waals surface area contributed by atoms with Crippen LogP contribution in [0.1, 0.15) is 34.6 Å². The van der Waals surface area contributed by atoms with E-state index < -0.39 is 0 Å². The summed E-state index contributed by atoms with van der Waals surface area (Å²) in [7, 11) is 0. The summed E-state index contributed by atoms with van der Waals surface area (Å²) in [5.74, 6) is -0.0194. The van der Waals surface area contributed by atoms with Gasteiger partial charge in [-0.25, -0.2) is 0 Å². The lowest BCUT2D eigenvalue weighted by Crippen LogP contribution is -2.43. The van der Waals surface area contributed by atoms with Crippen molar-refractivity contribution in [3.63, 3.8) is 0 Å². The number of carbonyl (C=O) groups excluding carboxylic acids is 1. The highest BCUT2D eigenvalue weighted by molar-refractivity contribution is 5.94. The SMILES string of the molecule is Cc1cccc(CO[C@H]2CN(C(=O)c3ccoc3)[C@@H]3CCCO[C@H]23)n1. The van der Waals surface area contributed by atoms with Gasteiger partial charge in [-0.05, 0) is 38.0 Å². The van der Waals surface area contributed by atoms with Gasteiger partial charge in [0, 0.05) is 12.3 Å². The van der Waals surface area contributed by atoms with Crippen molar-refractivity contribution in [3.05, 3.63) is 53.7 Å². The van der Waals surface area contributed by atoms with Gasteiger partial charge in [0.2, 0.25) is 0 Å². The lowest BCUT2D eigenvalue weighted by molar-refractivity contribution is -0.0814. The Morgan fingerprint density at radius 3 is 3.12 bits per heavy atom. The van der Waals surface area contributed by atoms with E-state index in [1.165, 1.54) is 12.5 Å².